The van der Waals surface area contributed by atoms with Gasteiger partial charge < -0.3 is 9.55 Å². The predicted octanol–water partition coefficient (Wildman–Crippen LogP) is 6.48. The first kappa shape index (κ1) is 24.0. The Morgan fingerprint density at radius 3 is 1.70 bits per heavy atom. The van der Waals surface area contributed by atoms with E-state index in [0.717, 1.165) is 24.3 Å². The average Bonchev–Trinajstić information content (AvgIpc) is 3.39. The van der Waals surface area contributed by atoms with Gasteiger partial charge in [-0.2, -0.15) is 26.3 Å². The molecule has 12 heteroatoms. The van der Waals surface area contributed by atoms with E-state index in [1.54, 1.807) is 13.2 Å². The van der Waals surface area contributed by atoms with Crippen molar-refractivity contribution < 1.29 is 35.1 Å². The van der Waals surface area contributed by atoms with Gasteiger partial charge in [-0.3, -0.25) is 0 Å². The fraction of sp³-hybridized carbons (Fsp3) is 0.143. The summed E-state index contributed by atoms with van der Waals surface area (Å²) in [4.78, 5) is 10.3. The summed E-state index contributed by atoms with van der Waals surface area (Å²) in [6, 6.07) is 4.73. The maximum atomic E-state index is 13.6. The van der Waals surface area contributed by atoms with Gasteiger partial charge in [-0.05, 0) is 36.4 Å². The second kappa shape index (κ2) is 9.04. The third kappa shape index (κ3) is 5.57. The number of hydrogen-bond donors (Lipinski definition) is 1. The van der Waals surface area contributed by atoms with E-state index in [4.69, 9.17) is 0 Å². The van der Waals surface area contributed by atoms with Crippen molar-refractivity contribution in [1.29, 1.82) is 0 Å². The lowest BCUT2D eigenvalue weighted by atomic mass is 10.1. The highest BCUT2D eigenvalue weighted by molar-refractivity contribution is 5.57. The molecule has 0 aliphatic heterocycles. The zero-order valence-electron chi connectivity index (χ0n) is 16.6. The molecule has 0 saturated carbocycles. The summed E-state index contributed by atoms with van der Waals surface area (Å²) in [5, 5.41) is 0. The van der Waals surface area contributed by atoms with Gasteiger partial charge in [-0.1, -0.05) is 0 Å². The van der Waals surface area contributed by atoms with Crippen LogP contribution in [0, 0.1) is 11.6 Å². The molecule has 4 rings (SSSR count). The van der Waals surface area contributed by atoms with E-state index in [-0.39, 0.29) is 22.8 Å². The fourth-order valence-corrected chi connectivity index (χ4v) is 2.79. The standard InChI is InChI=1S/C11H8F4N2.C10H6F4N2/c1-17-5-4-16-10(17)8-3-2-7(6-9(8)12)11(13,14)15;11-8-5-6(10(12,13)14)1-2-7(8)9-15-3-4-16-9/h2-6H,1H3;1-5H,(H,15,16). The number of aryl methyl sites for hydroxylation is 1. The number of imidazole rings is 2. The van der Waals surface area contributed by atoms with Crippen molar-refractivity contribution in [2.24, 2.45) is 7.05 Å². The van der Waals surface area contributed by atoms with E-state index < -0.39 is 35.1 Å². The van der Waals surface area contributed by atoms with Gasteiger partial charge in [0, 0.05) is 31.8 Å². The van der Waals surface area contributed by atoms with Gasteiger partial charge in [-0.25, -0.2) is 18.7 Å². The zero-order chi connectivity index (χ0) is 24.4. The summed E-state index contributed by atoms with van der Waals surface area (Å²) in [5.74, 6) is -1.40. The molecule has 4 aromatic rings. The van der Waals surface area contributed by atoms with Crippen LogP contribution in [0.5, 0.6) is 0 Å². The van der Waals surface area contributed by atoms with E-state index >= 15 is 0 Å². The van der Waals surface area contributed by atoms with Gasteiger partial charge >= 0.3 is 12.4 Å². The number of H-pyrrole nitrogens is 1. The monoisotopic (exact) mass is 474 g/mol. The molecule has 0 radical (unpaired) electrons. The molecular weight excluding hydrogens is 460 g/mol. The number of aromatic nitrogens is 4. The highest BCUT2D eigenvalue weighted by atomic mass is 19.4. The van der Waals surface area contributed by atoms with Crippen LogP contribution in [0.2, 0.25) is 0 Å². The molecule has 0 unspecified atom stereocenters. The molecule has 2 aromatic heterocycles. The SMILES string of the molecule is Cn1ccnc1-c1ccc(C(F)(F)F)cc1F.Fc1cc(C(F)(F)F)ccc1-c1ncc[nH]1. The van der Waals surface area contributed by atoms with Crippen molar-refractivity contribution in [3.05, 3.63) is 83.9 Å². The first-order valence-electron chi connectivity index (χ1n) is 9.09. The second-order valence-electron chi connectivity index (χ2n) is 6.68. The molecule has 0 aliphatic rings. The van der Waals surface area contributed by atoms with Crippen molar-refractivity contribution >= 4 is 0 Å². The number of aromatic amines is 1. The summed E-state index contributed by atoms with van der Waals surface area (Å²) in [7, 11) is 1.64. The van der Waals surface area contributed by atoms with E-state index in [2.05, 4.69) is 15.0 Å². The van der Waals surface area contributed by atoms with Gasteiger partial charge in [0.05, 0.1) is 22.3 Å². The minimum absolute atomic E-state index is 0.0120. The third-order valence-electron chi connectivity index (χ3n) is 4.41. The van der Waals surface area contributed by atoms with Crippen LogP contribution in [0.15, 0.2) is 61.2 Å². The third-order valence-corrected chi connectivity index (χ3v) is 4.41. The van der Waals surface area contributed by atoms with E-state index in [9.17, 15) is 35.1 Å². The molecule has 1 N–H and O–H groups in total. The number of nitrogens with zero attached hydrogens (tertiary/aromatic N) is 3. The van der Waals surface area contributed by atoms with Crippen LogP contribution >= 0.6 is 0 Å². The van der Waals surface area contributed by atoms with E-state index in [1.807, 2.05) is 0 Å². The topological polar surface area (TPSA) is 46.5 Å². The van der Waals surface area contributed by atoms with Gasteiger partial charge in [0.15, 0.2) is 0 Å². The molecule has 0 aliphatic carbocycles. The maximum absolute atomic E-state index is 13.6. The molecular formula is C21H14F8N4. The van der Waals surface area contributed by atoms with Crippen molar-refractivity contribution in [1.82, 2.24) is 19.5 Å². The van der Waals surface area contributed by atoms with Crippen molar-refractivity contribution in [2.45, 2.75) is 12.4 Å². The van der Waals surface area contributed by atoms with Crippen molar-refractivity contribution in [3.63, 3.8) is 0 Å². The molecule has 4 nitrogen and oxygen atoms in total. The van der Waals surface area contributed by atoms with Crippen LogP contribution in [0.1, 0.15) is 11.1 Å². The Hall–Kier alpha value is -3.70. The largest absolute Gasteiger partial charge is 0.416 e. The summed E-state index contributed by atoms with van der Waals surface area (Å²) in [5.41, 5.74) is -1.96. The van der Waals surface area contributed by atoms with Crippen LogP contribution in [0.4, 0.5) is 35.1 Å². The molecule has 0 atom stereocenters. The van der Waals surface area contributed by atoms with E-state index in [1.165, 1.54) is 23.2 Å². The number of benzene rings is 2. The number of halogens is 8. The highest BCUT2D eigenvalue weighted by Gasteiger charge is 2.32. The molecule has 0 fully saturated rings. The second-order valence-corrected chi connectivity index (χ2v) is 6.68. The van der Waals surface area contributed by atoms with Crippen LogP contribution in [-0.2, 0) is 19.4 Å². The smallest absolute Gasteiger partial charge is 0.345 e. The molecule has 0 amide bonds. The van der Waals surface area contributed by atoms with Crippen LogP contribution in [0.25, 0.3) is 22.8 Å². The summed E-state index contributed by atoms with van der Waals surface area (Å²) in [6.07, 6.45) is -3.18. The molecule has 33 heavy (non-hydrogen) atoms. The number of nitrogens with one attached hydrogen (secondary N) is 1. The quantitative estimate of drug-likeness (QED) is 0.338. The minimum Gasteiger partial charge on any atom is -0.345 e. The maximum Gasteiger partial charge on any atom is 0.416 e. The predicted molar refractivity (Wildman–Crippen MR) is 103 cm³/mol. The average molecular weight is 474 g/mol. The van der Waals surface area contributed by atoms with Gasteiger partial charge in [0.1, 0.15) is 23.3 Å². The van der Waals surface area contributed by atoms with Crippen LogP contribution in [-0.4, -0.2) is 19.5 Å². The Morgan fingerprint density at radius 2 is 1.30 bits per heavy atom. The lowest BCUT2D eigenvalue weighted by molar-refractivity contribution is -0.138. The lowest BCUT2D eigenvalue weighted by Gasteiger charge is -2.09. The molecule has 2 heterocycles. The van der Waals surface area contributed by atoms with Crippen molar-refractivity contribution in [3.8, 4) is 22.8 Å². The molecule has 0 bridgehead atoms. The number of hydrogen-bond acceptors (Lipinski definition) is 2. The summed E-state index contributed by atoms with van der Waals surface area (Å²) < 4.78 is 102. The highest BCUT2D eigenvalue weighted by Crippen LogP contribution is 2.33. The number of alkyl halides is 6. The Bertz CT molecular complexity index is 1220. The summed E-state index contributed by atoms with van der Waals surface area (Å²) in [6.45, 7) is 0. The lowest BCUT2D eigenvalue weighted by Crippen LogP contribution is -2.06. The number of rotatable bonds is 2. The van der Waals surface area contributed by atoms with Gasteiger partial charge in [0.2, 0.25) is 0 Å². The van der Waals surface area contributed by atoms with Crippen LogP contribution < -0.4 is 0 Å². The normalized spacial score (nSPS) is 11.8. The Labute approximate surface area is 181 Å². The Morgan fingerprint density at radius 1 is 0.758 bits per heavy atom. The molecule has 2 aromatic carbocycles. The van der Waals surface area contributed by atoms with Crippen molar-refractivity contribution in [2.75, 3.05) is 0 Å². The van der Waals surface area contributed by atoms with Gasteiger partial charge in [-0.15, -0.1) is 0 Å². The molecule has 0 spiro atoms. The van der Waals surface area contributed by atoms with Crippen LogP contribution in [0.3, 0.4) is 0 Å². The fourth-order valence-electron chi connectivity index (χ4n) is 2.79. The minimum atomic E-state index is -4.54. The Kier molecular flexibility index (Phi) is 6.56. The first-order chi connectivity index (χ1) is 15.4. The van der Waals surface area contributed by atoms with Gasteiger partial charge in [0.25, 0.3) is 0 Å². The van der Waals surface area contributed by atoms with E-state index in [0.29, 0.717) is 12.1 Å². The molecule has 0 saturated heterocycles. The molecule has 174 valence electrons. The summed E-state index contributed by atoms with van der Waals surface area (Å²) >= 11 is 0. The first-order valence-corrected chi connectivity index (χ1v) is 9.09. The Balaban J connectivity index is 0.000000186. The zero-order valence-corrected chi connectivity index (χ0v) is 16.6.